The summed E-state index contributed by atoms with van der Waals surface area (Å²) in [5, 5.41) is 9.47. The van der Waals surface area contributed by atoms with E-state index in [4.69, 9.17) is 16.3 Å². The molecule has 146 valence electrons. The number of ether oxygens (including phenoxy) is 1. The summed E-state index contributed by atoms with van der Waals surface area (Å²) in [6, 6.07) is 3.68. The van der Waals surface area contributed by atoms with E-state index in [2.05, 4.69) is 26.7 Å². The minimum Gasteiger partial charge on any atom is -0.381 e. The van der Waals surface area contributed by atoms with Crippen LogP contribution in [0.15, 0.2) is 24.5 Å². The van der Waals surface area contributed by atoms with Gasteiger partial charge in [0.15, 0.2) is 5.82 Å². The Kier molecular flexibility index (Phi) is 4.32. The highest BCUT2D eigenvalue weighted by molar-refractivity contribution is 6.30. The summed E-state index contributed by atoms with van der Waals surface area (Å²) in [6.45, 7) is 4.69. The van der Waals surface area contributed by atoms with Gasteiger partial charge >= 0.3 is 0 Å². The minimum atomic E-state index is -0.103. The number of carbonyl (C=O) groups is 1. The zero-order valence-corrected chi connectivity index (χ0v) is 16.3. The van der Waals surface area contributed by atoms with E-state index in [0.29, 0.717) is 35.4 Å². The van der Waals surface area contributed by atoms with E-state index < -0.39 is 0 Å². The van der Waals surface area contributed by atoms with Gasteiger partial charge in [-0.1, -0.05) is 11.6 Å². The van der Waals surface area contributed by atoms with Crippen LogP contribution in [0.2, 0.25) is 5.02 Å². The van der Waals surface area contributed by atoms with Crippen molar-refractivity contribution in [1.29, 1.82) is 0 Å². The number of pyridine rings is 1. The van der Waals surface area contributed by atoms with Crippen LogP contribution < -0.4 is 0 Å². The molecule has 0 radical (unpaired) electrons. The zero-order chi connectivity index (χ0) is 19.3. The van der Waals surface area contributed by atoms with Gasteiger partial charge in [-0.25, -0.2) is 4.98 Å². The monoisotopic (exact) mass is 400 g/mol. The van der Waals surface area contributed by atoms with Crippen LogP contribution in [0.4, 0.5) is 0 Å². The van der Waals surface area contributed by atoms with Crippen LogP contribution in [0.25, 0.3) is 5.65 Å². The number of rotatable bonds is 2. The first-order chi connectivity index (χ1) is 13.6. The Morgan fingerprint density at radius 2 is 2.04 bits per heavy atom. The van der Waals surface area contributed by atoms with Crippen LogP contribution in [-0.4, -0.2) is 54.7 Å². The molecule has 3 aromatic heterocycles. The van der Waals surface area contributed by atoms with Crippen LogP contribution >= 0.6 is 11.6 Å². The van der Waals surface area contributed by atoms with E-state index in [1.807, 2.05) is 0 Å². The SMILES string of the molecule is C[C@H]1CN(C(=O)c2cn3cc(Cl)ccc3n2)Cc2nnc(C3CCOCC3)n21. The van der Waals surface area contributed by atoms with Crippen molar-refractivity contribution in [3.05, 3.63) is 46.9 Å². The molecule has 8 nitrogen and oxygen atoms in total. The van der Waals surface area contributed by atoms with Gasteiger partial charge in [0, 0.05) is 38.1 Å². The number of nitrogens with zero attached hydrogens (tertiary/aromatic N) is 6. The Labute approximate surface area is 167 Å². The lowest BCUT2D eigenvalue weighted by atomic mass is 9.99. The maximum atomic E-state index is 13.1. The van der Waals surface area contributed by atoms with Gasteiger partial charge < -0.3 is 18.6 Å². The molecule has 0 unspecified atom stereocenters. The summed E-state index contributed by atoms with van der Waals surface area (Å²) in [5.41, 5.74) is 1.11. The lowest BCUT2D eigenvalue weighted by Gasteiger charge is -2.33. The van der Waals surface area contributed by atoms with Gasteiger partial charge in [-0.15, -0.1) is 10.2 Å². The normalized spacial score (nSPS) is 20.5. The highest BCUT2D eigenvalue weighted by Crippen LogP contribution is 2.31. The molecule has 1 fully saturated rings. The molecule has 0 bridgehead atoms. The molecule has 5 heterocycles. The predicted molar refractivity (Wildman–Crippen MR) is 102 cm³/mol. The highest BCUT2D eigenvalue weighted by atomic mass is 35.5. The molecule has 3 aromatic rings. The Morgan fingerprint density at radius 1 is 1.21 bits per heavy atom. The first-order valence-corrected chi connectivity index (χ1v) is 9.93. The topological polar surface area (TPSA) is 77.6 Å². The molecule has 5 rings (SSSR count). The van der Waals surface area contributed by atoms with Gasteiger partial charge in [0.2, 0.25) is 0 Å². The quantitative estimate of drug-likeness (QED) is 0.661. The number of amides is 1. The second-order valence-electron chi connectivity index (χ2n) is 7.50. The average molecular weight is 401 g/mol. The summed E-state index contributed by atoms with van der Waals surface area (Å²) in [7, 11) is 0. The van der Waals surface area contributed by atoms with Crippen molar-refractivity contribution in [2.45, 2.75) is 38.3 Å². The number of aromatic nitrogens is 5. The third kappa shape index (κ3) is 2.97. The molecule has 28 heavy (non-hydrogen) atoms. The fraction of sp³-hybridized carbons (Fsp3) is 0.474. The summed E-state index contributed by atoms with van der Waals surface area (Å²) >= 11 is 6.03. The van der Waals surface area contributed by atoms with Crippen LogP contribution in [-0.2, 0) is 11.3 Å². The van der Waals surface area contributed by atoms with E-state index in [1.54, 1.807) is 33.8 Å². The first-order valence-electron chi connectivity index (χ1n) is 9.55. The second kappa shape index (κ2) is 6.86. The molecule has 2 aliphatic heterocycles. The molecule has 1 atom stereocenters. The van der Waals surface area contributed by atoms with Crippen molar-refractivity contribution in [2.75, 3.05) is 19.8 Å². The van der Waals surface area contributed by atoms with Gasteiger partial charge in [-0.3, -0.25) is 4.79 Å². The third-order valence-corrected chi connectivity index (χ3v) is 5.78. The van der Waals surface area contributed by atoms with Crippen LogP contribution in [0.5, 0.6) is 0 Å². The fourth-order valence-corrected chi connectivity index (χ4v) is 4.35. The molecular weight excluding hydrogens is 380 g/mol. The second-order valence-corrected chi connectivity index (χ2v) is 7.94. The highest BCUT2D eigenvalue weighted by Gasteiger charge is 2.33. The molecular formula is C19H21ClN6O2. The van der Waals surface area contributed by atoms with E-state index in [-0.39, 0.29) is 11.9 Å². The van der Waals surface area contributed by atoms with Crippen molar-refractivity contribution in [2.24, 2.45) is 0 Å². The smallest absolute Gasteiger partial charge is 0.274 e. The Bertz CT molecular complexity index is 1040. The standard InChI is InChI=1S/C19H21ClN6O2/c1-12-8-25(19(27)15-10-24-9-14(20)2-3-16(24)21-15)11-17-22-23-18(26(12)17)13-4-6-28-7-5-13/h2-3,9-10,12-13H,4-8,11H2,1H3/t12-/m0/s1. The number of carbonyl (C=O) groups excluding carboxylic acids is 1. The van der Waals surface area contributed by atoms with Gasteiger partial charge in [-0.05, 0) is 31.9 Å². The number of imidazole rings is 1. The Balaban J connectivity index is 1.41. The van der Waals surface area contributed by atoms with Crippen molar-refractivity contribution in [3.8, 4) is 0 Å². The molecule has 0 spiro atoms. The number of fused-ring (bicyclic) bond motifs is 2. The molecule has 0 N–H and O–H groups in total. The number of hydrogen-bond acceptors (Lipinski definition) is 5. The summed E-state index contributed by atoms with van der Waals surface area (Å²) in [4.78, 5) is 19.3. The van der Waals surface area contributed by atoms with E-state index in [1.165, 1.54) is 0 Å². The van der Waals surface area contributed by atoms with Crippen molar-refractivity contribution in [1.82, 2.24) is 29.0 Å². The lowest BCUT2D eigenvalue weighted by Crippen LogP contribution is -2.41. The maximum Gasteiger partial charge on any atom is 0.274 e. The summed E-state index contributed by atoms with van der Waals surface area (Å²) in [6.07, 6.45) is 5.41. The largest absolute Gasteiger partial charge is 0.381 e. The van der Waals surface area contributed by atoms with E-state index in [9.17, 15) is 4.79 Å². The van der Waals surface area contributed by atoms with Crippen LogP contribution in [0.3, 0.4) is 0 Å². The van der Waals surface area contributed by atoms with Crippen LogP contribution in [0, 0.1) is 0 Å². The van der Waals surface area contributed by atoms with E-state index in [0.717, 1.165) is 37.7 Å². The zero-order valence-electron chi connectivity index (χ0n) is 15.6. The van der Waals surface area contributed by atoms with Gasteiger partial charge in [0.1, 0.15) is 17.2 Å². The van der Waals surface area contributed by atoms with Crippen molar-refractivity contribution < 1.29 is 9.53 Å². The molecule has 0 saturated carbocycles. The lowest BCUT2D eigenvalue weighted by molar-refractivity contribution is 0.0664. The van der Waals surface area contributed by atoms with E-state index >= 15 is 0 Å². The number of hydrogen-bond donors (Lipinski definition) is 0. The van der Waals surface area contributed by atoms with Gasteiger partial charge in [0.25, 0.3) is 5.91 Å². The maximum absolute atomic E-state index is 13.1. The Hall–Kier alpha value is -2.45. The summed E-state index contributed by atoms with van der Waals surface area (Å²) < 4.78 is 9.45. The summed E-state index contributed by atoms with van der Waals surface area (Å²) in [5.74, 6) is 2.14. The minimum absolute atomic E-state index is 0.103. The fourth-order valence-electron chi connectivity index (χ4n) is 4.18. The third-order valence-electron chi connectivity index (χ3n) is 5.56. The molecule has 0 aliphatic carbocycles. The van der Waals surface area contributed by atoms with Crippen molar-refractivity contribution >= 4 is 23.2 Å². The van der Waals surface area contributed by atoms with Gasteiger partial charge in [-0.2, -0.15) is 0 Å². The molecule has 2 aliphatic rings. The average Bonchev–Trinajstić information content (AvgIpc) is 3.32. The van der Waals surface area contributed by atoms with Crippen molar-refractivity contribution in [3.63, 3.8) is 0 Å². The Morgan fingerprint density at radius 3 is 2.86 bits per heavy atom. The molecule has 1 saturated heterocycles. The molecule has 0 aromatic carbocycles. The first kappa shape index (κ1) is 17.6. The van der Waals surface area contributed by atoms with Crippen LogP contribution in [0.1, 0.15) is 53.9 Å². The molecule has 1 amide bonds. The van der Waals surface area contributed by atoms with Gasteiger partial charge in [0.05, 0.1) is 17.6 Å². The number of halogens is 1. The molecule has 9 heteroatoms. The predicted octanol–water partition coefficient (Wildman–Crippen LogP) is 2.69.